The molecule has 2 N–H and O–H groups in total. The second-order valence-electron chi connectivity index (χ2n) is 6.43. The van der Waals surface area contributed by atoms with Gasteiger partial charge in [0.05, 0.1) is 30.6 Å². The number of hydrogen-bond donors (Lipinski definition) is 2. The summed E-state index contributed by atoms with van der Waals surface area (Å²) in [6, 6.07) is 12.3. The molecule has 0 atom stereocenters. The van der Waals surface area contributed by atoms with Crippen molar-refractivity contribution in [3.63, 3.8) is 0 Å². The molecule has 160 valence electrons. The van der Waals surface area contributed by atoms with Crippen LogP contribution in [0.5, 0.6) is 11.5 Å². The maximum atomic E-state index is 11.9. The number of nitrogens with one attached hydrogen (secondary N) is 2. The SMILES string of the molecule is CCCCOc1ccc(C=NNC(=O)CCC(=O)Nc2ccccc2Cl)cc1OC. The minimum absolute atomic E-state index is 0.00114. The summed E-state index contributed by atoms with van der Waals surface area (Å²) in [6.07, 6.45) is 3.54. The molecule has 0 aromatic heterocycles. The van der Waals surface area contributed by atoms with Crippen LogP contribution in [0.2, 0.25) is 5.02 Å². The predicted molar refractivity (Wildman–Crippen MR) is 118 cm³/mol. The molecule has 2 rings (SSSR count). The number of anilines is 1. The van der Waals surface area contributed by atoms with Gasteiger partial charge in [-0.2, -0.15) is 5.10 Å². The molecule has 0 spiro atoms. The van der Waals surface area contributed by atoms with Crippen molar-refractivity contribution in [2.75, 3.05) is 19.0 Å². The van der Waals surface area contributed by atoms with Crippen LogP contribution < -0.4 is 20.2 Å². The molecule has 2 amide bonds. The average Bonchev–Trinajstić information content (AvgIpc) is 2.75. The van der Waals surface area contributed by atoms with Crippen LogP contribution in [0.4, 0.5) is 5.69 Å². The zero-order valence-electron chi connectivity index (χ0n) is 17.1. The molecule has 0 aliphatic carbocycles. The van der Waals surface area contributed by atoms with E-state index in [1.165, 1.54) is 6.21 Å². The van der Waals surface area contributed by atoms with Gasteiger partial charge in [0.2, 0.25) is 11.8 Å². The van der Waals surface area contributed by atoms with E-state index in [0.29, 0.717) is 28.8 Å². The van der Waals surface area contributed by atoms with Crippen LogP contribution in [0.1, 0.15) is 38.2 Å². The first-order valence-corrected chi connectivity index (χ1v) is 10.1. The Morgan fingerprint density at radius 3 is 2.60 bits per heavy atom. The molecule has 0 saturated carbocycles. The minimum atomic E-state index is -0.368. The molecule has 0 heterocycles. The molecular weight excluding hydrogens is 406 g/mol. The second-order valence-corrected chi connectivity index (χ2v) is 6.84. The highest BCUT2D eigenvalue weighted by molar-refractivity contribution is 6.33. The van der Waals surface area contributed by atoms with Gasteiger partial charge in [-0.15, -0.1) is 0 Å². The van der Waals surface area contributed by atoms with Gasteiger partial charge in [-0.25, -0.2) is 5.43 Å². The molecule has 0 bridgehead atoms. The molecule has 0 fully saturated rings. The first-order valence-electron chi connectivity index (χ1n) is 9.70. The number of nitrogens with zero attached hydrogens (tertiary/aromatic N) is 1. The zero-order chi connectivity index (χ0) is 21.8. The molecule has 0 saturated heterocycles. The van der Waals surface area contributed by atoms with E-state index in [9.17, 15) is 9.59 Å². The lowest BCUT2D eigenvalue weighted by atomic mass is 10.2. The van der Waals surface area contributed by atoms with Crippen molar-refractivity contribution >= 4 is 35.3 Å². The highest BCUT2D eigenvalue weighted by Crippen LogP contribution is 2.27. The van der Waals surface area contributed by atoms with Gasteiger partial charge in [-0.3, -0.25) is 9.59 Å². The maximum Gasteiger partial charge on any atom is 0.240 e. The number of amides is 2. The Hall–Kier alpha value is -3.06. The lowest BCUT2D eigenvalue weighted by molar-refractivity contribution is -0.124. The van der Waals surface area contributed by atoms with Gasteiger partial charge >= 0.3 is 0 Å². The molecule has 0 aliphatic heterocycles. The van der Waals surface area contributed by atoms with E-state index < -0.39 is 0 Å². The number of halogens is 1. The largest absolute Gasteiger partial charge is 0.493 e. The highest BCUT2D eigenvalue weighted by atomic mass is 35.5. The Morgan fingerprint density at radius 1 is 1.10 bits per heavy atom. The number of ether oxygens (including phenoxy) is 2. The monoisotopic (exact) mass is 431 g/mol. The molecule has 8 heteroatoms. The van der Waals surface area contributed by atoms with Gasteiger partial charge in [-0.05, 0) is 42.3 Å². The van der Waals surface area contributed by atoms with Gasteiger partial charge in [0.25, 0.3) is 0 Å². The van der Waals surface area contributed by atoms with Gasteiger partial charge in [-0.1, -0.05) is 37.1 Å². The van der Waals surface area contributed by atoms with E-state index in [2.05, 4.69) is 22.8 Å². The molecule has 0 aliphatic rings. The van der Waals surface area contributed by atoms with Crippen molar-refractivity contribution in [1.82, 2.24) is 5.43 Å². The van der Waals surface area contributed by atoms with Gasteiger partial charge in [0.1, 0.15) is 0 Å². The third kappa shape index (κ3) is 7.75. The van der Waals surface area contributed by atoms with Crippen molar-refractivity contribution in [3.05, 3.63) is 53.1 Å². The number of para-hydroxylation sites is 1. The lowest BCUT2D eigenvalue weighted by Crippen LogP contribution is -2.20. The number of carbonyl (C=O) groups excluding carboxylic acids is 2. The third-order valence-electron chi connectivity index (χ3n) is 4.07. The summed E-state index contributed by atoms with van der Waals surface area (Å²) in [5.41, 5.74) is 3.66. The number of rotatable bonds is 11. The number of benzene rings is 2. The molecule has 2 aromatic carbocycles. The van der Waals surface area contributed by atoms with Gasteiger partial charge in [0, 0.05) is 12.8 Å². The fourth-order valence-electron chi connectivity index (χ4n) is 2.45. The van der Waals surface area contributed by atoms with E-state index in [1.807, 2.05) is 6.07 Å². The number of hydrogen-bond acceptors (Lipinski definition) is 5. The van der Waals surface area contributed by atoms with Gasteiger partial charge in [0.15, 0.2) is 11.5 Å². The van der Waals surface area contributed by atoms with Crippen LogP contribution >= 0.6 is 11.6 Å². The number of unbranched alkanes of at least 4 members (excludes halogenated alkanes) is 1. The summed E-state index contributed by atoms with van der Waals surface area (Å²) < 4.78 is 11.0. The maximum absolute atomic E-state index is 11.9. The Bertz CT molecular complexity index is 886. The van der Waals surface area contributed by atoms with E-state index >= 15 is 0 Å². The zero-order valence-corrected chi connectivity index (χ0v) is 17.9. The Balaban J connectivity index is 1.79. The van der Waals surface area contributed by atoms with E-state index in [4.69, 9.17) is 21.1 Å². The number of methoxy groups -OCH3 is 1. The molecule has 2 aromatic rings. The predicted octanol–water partition coefficient (Wildman–Crippen LogP) is 4.40. The molecule has 0 radical (unpaired) electrons. The Labute approximate surface area is 181 Å². The normalized spacial score (nSPS) is 10.6. The number of hydrazone groups is 1. The molecular formula is C22H26ClN3O4. The molecule has 0 unspecified atom stereocenters. The van der Waals surface area contributed by atoms with Crippen molar-refractivity contribution in [2.24, 2.45) is 5.10 Å². The van der Waals surface area contributed by atoms with Crippen LogP contribution in [0, 0.1) is 0 Å². The van der Waals surface area contributed by atoms with Crippen LogP contribution in [-0.4, -0.2) is 31.7 Å². The summed E-state index contributed by atoms with van der Waals surface area (Å²) in [5, 5.41) is 7.03. The van der Waals surface area contributed by atoms with Crippen molar-refractivity contribution in [3.8, 4) is 11.5 Å². The van der Waals surface area contributed by atoms with Crippen LogP contribution in [-0.2, 0) is 9.59 Å². The molecule has 30 heavy (non-hydrogen) atoms. The van der Waals surface area contributed by atoms with Crippen molar-refractivity contribution in [2.45, 2.75) is 32.6 Å². The fourth-order valence-corrected chi connectivity index (χ4v) is 2.63. The third-order valence-corrected chi connectivity index (χ3v) is 4.40. The summed E-state index contributed by atoms with van der Waals surface area (Å²) in [5.74, 6) is 0.590. The summed E-state index contributed by atoms with van der Waals surface area (Å²) in [6.45, 7) is 2.72. The quantitative estimate of drug-likeness (QED) is 0.313. The van der Waals surface area contributed by atoms with Crippen LogP contribution in [0.15, 0.2) is 47.6 Å². The average molecular weight is 432 g/mol. The Morgan fingerprint density at radius 2 is 1.87 bits per heavy atom. The Kier molecular flexibility index (Phi) is 9.67. The standard InChI is InChI=1S/C22H26ClN3O4/c1-3-4-13-30-19-10-9-16(14-20(19)29-2)15-24-26-22(28)12-11-21(27)25-18-8-6-5-7-17(18)23/h5-10,14-15H,3-4,11-13H2,1-2H3,(H,25,27)(H,26,28). The van der Waals surface area contributed by atoms with Gasteiger partial charge < -0.3 is 14.8 Å². The minimum Gasteiger partial charge on any atom is -0.493 e. The summed E-state index contributed by atoms with van der Waals surface area (Å²) in [4.78, 5) is 23.9. The lowest BCUT2D eigenvalue weighted by Gasteiger charge is -2.10. The van der Waals surface area contributed by atoms with Crippen molar-refractivity contribution in [1.29, 1.82) is 0 Å². The smallest absolute Gasteiger partial charge is 0.240 e. The first-order chi connectivity index (χ1) is 14.5. The van der Waals surface area contributed by atoms with Crippen molar-refractivity contribution < 1.29 is 19.1 Å². The van der Waals surface area contributed by atoms with E-state index in [0.717, 1.165) is 18.4 Å². The van der Waals surface area contributed by atoms with E-state index in [1.54, 1.807) is 43.5 Å². The topological polar surface area (TPSA) is 89.0 Å². The fraction of sp³-hybridized carbons (Fsp3) is 0.318. The highest BCUT2D eigenvalue weighted by Gasteiger charge is 2.09. The number of carbonyl (C=O) groups is 2. The second kappa shape index (κ2) is 12.5. The van der Waals surface area contributed by atoms with E-state index in [-0.39, 0.29) is 24.7 Å². The van der Waals surface area contributed by atoms with Crippen LogP contribution in [0.25, 0.3) is 0 Å². The van der Waals surface area contributed by atoms with Crippen LogP contribution in [0.3, 0.4) is 0 Å². The summed E-state index contributed by atoms with van der Waals surface area (Å²) in [7, 11) is 1.57. The summed E-state index contributed by atoms with van der Waals surface area (Å²) >= 11 is 5.99. The first kappa shape index (κ1) is 23.2. The molecule has 7 nitrogen and oxygen atoms in total.